The molecule has 1 amide bonds. The largest absolute Gasteiger partial charge is 0.381 e. The highest BCUT2D eigenvalue weighted by molar-refractivity contribution is 5.79. The minimum atomic E-state index is 0.0564. The molecule has 3 heterocycles. The average molecular weight is 330 g/mol. The molecule has 6 heteroatoms. The van der Waals surface area contributed by atoms with Gasteiger partial charge in [-0.05, 0) is 38.5 Å². The summed E-state index contributed by atoms with van der Waals surface area (Å²) in [4.78, 5) is 23.7. The normalized spacial score (nSPS) is 25.5. The maximum atomic E-state index is 12.6. The summed E-state index contributed by atoms with van der Waals surface area (Å²) in [5.74, 6) is 1.86. The third kappa shape index (κ3) is 3.69. The molecule has 1 saturated carbocycles. The zero-order chi connectivity index (χ0) is 16.4. The Kier molecular flexibility index (Phi) is 4.65. The number of carbonyl (C=O) groups is 1. The Bertz CT molecular complexity index is 584. The van der Waals surface area contributed by atoms with Crippen LogP contribution in [0.5, 0.6) is 0 Å². The van der Waals surface area contributed by atoms with Crippen molar-refractivity contribution in [3.63, 3.8) is 0 Å². The first-order chi connectivity index (χ1) is 11.8. The Balaban J connectivity index is 1.37. The predicted molar refractivity (Wildman–Crippen MR) is 90.9 cm³/mol. The maximum absolute atomic E-state index is 12.6. The van der Waals surface area contributed by atoms with Crippen molar-refractivity contribution in [3.8, 4) is 0 Å². The molecule has 0 radical (unpaired) electrons. The van der Waals surface area contributed by atoms with Crippen LogP contribution in [-0.4, -0.2) is 48.2 Å². The van der Waals surface area contributed by atoms with Crippen molar-refractivity contribution in [2.75, 3.05) is 31.2 Å². The summed E-state index contributed by atoms with van der Waals surface area (Å²) in [6, 6.07) is 2.40. The molecule has 2 saturated heterocycles. The van der Waals surface area contributed by atoms with E-state index in [1.807, 2.05) is 0 Å². The number of amides is 1. The van der Waals surface area contributed by atoms with E-state index in [2.05, 4.69) is 26.3 Å². The van der Waals surface area contributed by atoms with Gasteiger partial charge in [-0.1, -0.05) is 0 Å². The molecule has 0 spiro atoms. The predicted octanol–water partition coefficient (Wildman–Crippen LogP) is 1.87. The second-order valence-electron chi connectivity index (χ2n) is 7.26. The van der Waals surface area contributed by atoms with E-state index < -0.39 is 0 Å². The fourth-order valence-corrected chi connectivity index (χ4v) is 3.70. The van der Waals surface area contributed by atoms with Crippen molar-refractivity contribution >= 4 is 11.7 Å². The van der Waals surface area contributed by atoms with Gasteiger partial charge in [0, 0.05) is 50.0 Å². The van der Waals surface area contributed by atoms with Gasteiger partial charge in [0.2, 0.25) is 5.91 Å². The van der Waals surface area contributed by atoms with E-state index in [0.717, 1.165) is 63.5 Å². The topological polar surface area (TPSA) is 67.3 Å². The van der Waals surface area contributed by atoms with Gasteiger partial charge in [-0.2, -0.15) is 0 Å². The molecule has 1 unspecified atom stereocenters. The number of nitrogens with one attached hydrogen (secondary N) is 1. The molecule has 24 heavy (non-hydrogen) atoms. The lowest BCUT2D eigenvalue weighted by atomic mass is 9.96. The first kappa shape index (κ1) is 15.8. The van der Waals surface area contributed by atoms with Crippen LogP contribution >= 0.6 is 0 Å². The molecule has 1 aromatic rings. The molecule has 6 nitrogen and oxygen atoms in total. The second-order valence-corrected chi connectivity index (χ2v) is 7.26. The molecule has 3 fully saturated rings. The minimum Gasteiger partial charge on any atom is -0.381 e. The molecule has 1 N–H and O–H groups in total. The van der Waals surface area contributed by atoms with Gasteiger partial charge in [-0.3, -0.25) is 4.79 Å². The zero-order valence-electron chi connectivity index (χ0n) is 14.1. The summed E-state index contributed by atoms with van der Waals surface area (Å²) in [5, 5.41) is 3.22. The smallest absolute Gasteiger partial charge is 0.225 e. The summed E-state index contributed by atoms with van der Waals surface area (Å²) in [6.45, 7) is 3.25. The third-order valence-electron chi connectivity index (χ3n) is 5.35. The fraction of sp³-hybridized carbons (Fsp3) is 0.722. The summed E-state index contributed by atoms with van der Waals surface area (Å²) in [7, 11) is 0. The van der Waals surface area contributed by atoms with Crippen LogP contribution in [0.1, 0.15) is 50.1 Å². The number of ether oxygens (including phenoxy) is 1. The molecule has 1 aliphatic carbocycles. The summed E-state index contributed by atoms with van der Waals surface area (Å²) in [6.07, 6.45) is 8.02. The van der Waals surface area contributed by atoms with Crippen molar-refractivity contribution in [2.45, 2.75) is 50.5 Å². The van der Waals surface area contributed by atoms with Gasteiger partial charge < -0.3 is 15.0 Å². The lowest BCUT2D eigenvalue weighted by Crippen LogP contribution is -2.47. The first-order valence-electron chi connectivity index (χ1n) is 9.24. The molecule has 3 aliphatic rings. The van der Waals surface area contributed by atoms with Gasteiger partial charge >= 0.3 is 0 Å². The SMILES string of the molecule is O=C(NC1CCOCC1)C1CCCN(c2cc(C3CC3)ncn2)C1. The van der Waals surface area contributed by atoms with Crippen LogP contribution in [0.15, 0.2) is 12.4 Å². The van der Waals surface area contributed by atoms with Crippen molar-refractivity contribution in [1.29, 1.82) is 0 Å². The molecule has 1 aromatic heterocycles. The van der Waals surface area contributed by atoms with Crippen LogP contribution in [0.25, 0.3) is 0 Å². The Labute approximate surface area is 143 Å². The number of anilines is 1. The average Bonchev–Trinajstić information content (AvgIpc) is 3.48. The van der Waals surface area contributed by atoms with Crippen LogP contribution in [-0.2, 0) is 9.53 Å². The van der Waals surface area contributed by atoms with Crippen molar-refractivity contribution in [3.05, 3.63) is 18.1 Å². The van der Waals surface area contributed by atoms with E-state index in [1.165, 1.54) is 12.8 Å². The van der Waals surface area contributed by atoms with Gasteiger partial charge in [-0.25, -0.2) is 9.97 Å². The van der Waals surface area contributed by atoms with E-state index in [4.69, 9.17) is 4.74 Å². The number of nitrogens with zero attached hydrogens (tertiary/aromatic N) is 3. The molecular weight excluding hydrogens is 304 g/mol. The van der Waals surface area contributed by atoms with Gasteiger partial charge in [0.1, 0.15) is 12.1 Å². The summed E-state index contributed by atoms with van der Waals surface area (Å²) >= 11 is 0. The highest BCUT2D eigenvalue weighted by atomic mass is 16.5. The van der Waals surface area contributed by atoms with Crippen molar-refractivity contribution in [1.82, 2.24) is 15.3 Å². The van der Waals surface area contributed by atoms with Gasteiger partial charge in [-0.15, -0.1) is 0 Å². The number of hydrogen-bond acceptors (Lipinski definition) is 5. The van der Waals surface area contributed by atoms with Crippen LogP contribution in [0.3, 0.4) is 0 Å². The highest BCUT2D eigenvalue weighted by Crippen LogP contribution is 2.39. The molecule has 130 valence electrons. The van der Waals surface area contributed by atoms with Gasteiger partial charge in [0.25, 0.3) is 0 Å². The number of carbonyl (C=O) groups excluding carboxylic acids is 1. The minimum absolute atomic E-state index is 0.0564. The Morgan fingerprint density at radius 3 is 2.79 bits per heavy atom. The van der Waals surface area contributed by atoms with Crippen molar-refractivity contribution in [2.24, 2.45) is 5.92 Å². The monoisotopic (exact) mass is 330 g/mol. The maximum Gasteiger partial charge on any atom is 0.225 e. The lowest BCUT2D eigenvalue weighted by Gasteiger charge is -2.34. The Morgan fingerprint density at radius 2 is 2.00 bits per heavy atom. The molecular formula is C18H26N4O2. The number of aromatic nitrogens is 2. The molecule has 0 aromatic carbocycles. The zero-order valence-corrected chi connectivity index (χ0v) is 14.1. The molecule has 1 atom stereocenters. The van der Waals surface area contributed by atoms with Crippen molar-refractivity contribution < 1.29 is 9.53 Å². The molecule has 2 aliphatic heterocycles. The summed E-state index contributed by atoms with van der Waals surface area (Å²) in [5.41, 5.74) is 1.16. The van der Waals surface area contributed by atoms with E-state index in [9.17, 15) is 4.79 Å². The Morgan fingerprint density at radius 1 is 1.17 bits per heavy atom. The van der Waals surface area contributed by atoms with Crippen LogP contribution in [0.4, 0.5) is 5.82 Å². The molecule has 4 rings (SSSR count). The van der Waals surface area contributed by atoms with Crippen LogP contribution in [0, 0.1) is 5.92 Å². The van der Waals surface area contributed by atoms with E-state index in [-0.39, 0.29) is 17.9 Å². The highest BCUT2D eigenvalue weighted by Gasteiger charge is 2.30. The van der Waals surface area contributed by atoms with E-state index in [0.29, 0.717) is 5.92 Å². The fourth-order valence-electron chi connectivity index (χ4n) is 3.70. The first-order valence-corrected chi connectivity index (χ1v) is 9.24. The van der Waals surface area contributed by atoms with E-state index >= 15 is 0 Å². The standard InChI is InChI=1S/C18H26N4O2/c23-18(21-15-5-8-24-9-6-15)14-2-1-7-22(11-14)17-10-16(13-3-4-13)19-12-20-17/h10,12-15H,1-9,11H2,(H,21,23). The molecule has 0 bridgehead atoms. The lowest BCUT2D eigenvalue weighted by molar-refractivity contribution is -0.126. The van der Waals surface area contributed by atoms with E-state index in [1.54, 1.807) is 6.33 Å². The van der Waals surface area contributed by atoms with Gasteiger partial charge in [0.05, 0.1) is 5.92 Å². The summed E-state index contributed by atoms with van der Waals surface area (Å²) < 4.78 is 5.36. The number of piperidine rings is 1. The number of rotatable bonds is 4. The third-order valence-corrected chi connectivity index (χ3v) is 5.35. The quantitative estimate of drug-likeness (QED) is 0.913. The van der Waals surface area contributed by atoms with Crippen LogP contribution < -0.4 is 10.2 Å². The second kappa shape index (κ2) is 7.05. The number of hydrogen-bond donors (Lipinski definition) is 1. The Hall–Kier alpha value is -1.69. The van der Waals surface area contributed by atoms with Crippen LogP contribution in [0.2, 0.25) is 0 Å². The van der Waals surface area contributed by atoms with Gasteiger partial charge in [0.15, 0.2) is 0 Å².